The van der Waals surface area contributed by atoms with Gasteiger partial charge >= 0.3 is 16.1 Å². The number of rotatable bonds is 13. The number of anilines is 1. The van der Waals surface area contributed by atoms with Crippen LogP contribution in [-0.2, 0) is 21.3 Å². The van der Waals surface area contributed by atoms with Gasteiger partial charge in [0, 0.05) is 6.54 Å². The second-order valence-corrected chi connectivity index (χ2v) is 10.4. The number of hydrogen-bond acceptors (Lipinski definition) is 7. The second kappa shape index (κ2) is 13.1. The van der Waals surface area contributed by atoms with Crippen molar-refractivity contribution in [1.29, 1.82) is 0 Å². The van der Waals surface area contributed by atoms with E-state index in [0.29, 0.717) is 31.1 Å². The van der Waals surface area contributed by atoms with E-state index in [9.17, 15) is 13.2 Å². The molecule has 0 amide bonds. The molecule has 3 rings (SSSR count). The lowest BCUT2D eigenvalue weighted by atomic mass is 10.1. The van der Waals surface area contributed by atoms with Gasteiger partial charge in [-0.2, -0.15) is 8.42 Å². The highest BCUT2D eigenvalue weighted by Gasteiger charge is 2.18. The van der Waals surface area contributed by atoms with Crippen LogP contribution in [-0.4, -0.2) is 27.5 Å². The van der Waals surface area contributed by atoms with Crippen LogP contribution < -0.4 is 19.0 Å². The molecule has 0 fully saturated rings. The van der Waals surface area contributed by atoms with Gasteiger partial charge in [-0.1, -0.05) is 49.7 Å². The van der Waals surface area contributed by atoms with Crippen molar-refractivity contribution >= 4 is 21.8 Å². The zero-order valence-corrected chi connectivity index (χ0v) is 22.6. The predicted octanol–water partition coefficient (Wildman–Crippen LogP) is 6.16. The van der Waals surface area contributed by atoms with Crippen LogP contribution in [0.4, 0.5) is 5.69 Å². The van der Waals surface area contributed by atoms with Crippen LogP contribution in [0.5, 0.6) is 17.2 Å². The average molecular weight is 526 g/mol. The topological polar surface area (TPSA) is 90.9 Å². The zero-order chi connectivity index (χ0) is 26.8. The lowest BCUT2D eigenvalue weighted by Gasteiger charge is -2.17. The lowest BCUT2D eigenvalue weighted by molar-refractivity contribution is -0.138. The Morgan fingerprint density at radius 1 is 0.973 bits per heavy atom. The Labute approximate surface area is 219 Å². The summed E-state index contributed by atoms with van der Waals surface area (Å²) < 4.78 is 41.6. The third kappa shape index (κ3) is 7.98. The van der Waals surface area contributed by atoms with E-state index in [4.69, 9.17) is 13.7 Å². The highest BCUT2D eigenvalue weighted by molar-refractivity contribution is 7.87. The van der Waals surface area contributed by atoms with Gasteiger partial charge in [0.15, 0.2) is 11.5 Å². The molecular weight excluding hydrogens is 490 g/mol. The van der Waals surface area contributed by atoms with Crippen LogP contribution in [0, 0.1) is 12.8 Å². The van der Waals surface area contributed by atoms with E-state index in [1.165, 1.54) is 12.1 Å². The van der Waals surface area contributed by atoms with Crippen molar-refractivity contribution in [3.8, 4) is 17.2 Å². The van der Waals surface area contributed by atoms with Crippen molar-refractivity contribution in [3.05, 3.63) is 77.9 Å². The number of esters is 1. The molecule has 198 valence electrons. The van der Waals surface area contributed by atoms with E-state index < -0.39 is 10.1 Å². The Bertz CT molecular complexity index is 1270. The van der Waals surface area contributed by atoms with Crippen LogP contribution in [0.25, 0.3) is 0 Å². The van der Waals surface area contributed by atoms with Gasteiger partial charge in [0.1, 0.15) is 10.6 Å². The number of carbonyl (C=O) groups is 1. The van der Waals surface area contributed by atoms with Gasteiger partial charge in [-0.3, -0.25) is 4.79 Å². The smallest absolute Gasteiger partial charge is 0.339 e. The Hall–Kier alpha value is -3.52. The monoisotopic (exact) mass is 525 g/mol. The number of hydrogen-bond donors (Lipinski definition) is 1. The van der Waals surface area contributed by atoms with Crippen molar-refractivity contribution in [2.45, 2.75) is 51.9 Å². The van der Waals surface area contributed by atoms with E-state index in [0.717, 1.165) is 29.7 Å². The van der Waals surface area contributed by atoms with Crippen molar-refractivity contribution in [3.63, 3.8) is 0 Å². The molecule has 8 heteroatoms. The van der Waals surface area contributed by atoms with E-state index in [-0.39, 0.29) is 22.5 Å². The van der Waals surface area contributed by atoms with Gasteiger partial charge in [-0.25, -0.2) is 0 Å². The fourth-order valence-electron chi connectivity index (χ4n) is 3.51. The van der Waals surface area contributed by atoms with Crippen LogP contribution in [0.2, 0.25) is 0 Å². The first-order valence-electron chi connectivity index (χ1n) is 12.5. The Balaban J connectivity index is 1.55. The molecule has 3 aromatic carbocycles. The number of ether oxygens (including phenoxy) is 2. The van der Waals surface area contributed by atoms with Gasteiger partial charge in [-0.05, 0) is 75.1 Å². The molecule has 1 N–H and O–H groups in total. The van der Waals surface area contributed by atoms with Gasteiger partial charge in [0.05, 0.1) is 18.2 Å². The Kier molecular flexibility index (Phi) is 9.97. The van der Waals surface area contributed by atoms with Crippen LogP contribution >= 0.6 is 0 Å². The molecule has 0 aromatic heterocycles. The van der Waals surface area contributed by atoms with Crippen LogP contribution in [0.3, 0.4) is 0 Å². The molecule has 0 radical (unpaired) electrons. The minimum absolute atomic E-state index is 0.124. The largest absolute Gasteiger partial charge is 0.488 e. The van der Waals surface area contributed by atoms with E-state index in [1.54, 1.807) is 30.3 Å². The van der Waals surface area contributed by atoms with Crippen molar-refractivity contribution in [2.75, 3.05) is 18.5 Å². The third-order valence-electron chi connectivity index (χ3n) is 5.89. The first-order chi connectivity index (χ1) is 17.7. The molecule has 1 atom stereocenters. The fourth-order valence-corrected chi connectivity index (χ4v) is 4.44. The van der Waals surface area contributed by atoms with Crippen LogP contribution in [0.15, 0.2) is 71.6 Å². The zero-order valence-electron chi connectivity index (χ0n) is 21.8. The molecule has 3 aromatic rings. The first-order valence-corrected chi connectivity index (χ1v) is 14.0. The molecule has 0 spiro atoms. The maximum absolute atomic E-state index is 12.5. The summed E-state index contributed by atoms with van der Waals surface area (Å²) in [6.07, 6.45) is 2.31. The number of benzene rings is 3. The standard InChI is InChI=1S/C29H35NO6S/c1-5-22(4)29(31)35-27-11-7-10-26(28(27)34-6-2)30-20-8-9-23-14-16-24(17-15-23)36-37(32,33)25-18-12-21(3)13-19-25/h7,10-19,22,30H,5-6,8-9,20H2,1-4H3. The molecular formula is C29H35NO6S. The maximum Gasteiger partial charge on any atom is 0.339 e. The fraction of sp³-hybridized carbons (Fsp3) is 0.345. The van der Waals surface area contributed by atoms with Crippen molar-refractivity contribution in [1.82, 2.24) is 0 Å². The minimum atomic E-state index is -3.87. The normalized spacial score (nSPS) is 12.0. The van der Waals surface area contributed by atoms with E-state index in [2.05, 4.69) is 5.32 Å². The summed E-state index contributed by atoms with van der Waals surface area (Å²) in [7, 11) is -3.87. The summed E-state index contributed by atoms with van der Waals surface area (Å²) >= 11 is 0. The summed E-state index contributed by atoms with van der Waals surface area (Å²) in [5.74, 6) is 0.740. The molecule has 0 saturated carbocycles. The summed E-state index contributed by atoms with van der Waals surface area (Å²) in [4.78, 5) is 12.4. The number of nitrogens with one attached hydrogen (secondary N) is 1. The highest BCUT2D eigenvalue weighted by Crippen LogP contribution is 2.36. The molecule has 0 aliphatic carbocycles. The number of para-hydroxylation sites is 1. The molecule has 1 unspecified atom stereocenters. The summed E-state index contributed by atoms with van der Waals surface area (Å²) in [5.41, 5.74) is 2.80. The summed E-state index contributed by atoms with van der Waals surface area (Å²) in [6, 6.07) is 19.1. The first kappa shape index (κ1) is 28.1. The quantitative estimate of drug-likeness (QED) is 0.124. The molecule has 37 heavy (non-hydrogen) atoms. The minimum Gasteiger partial charge on any atom is -0.488 e. The second-order valence-electron chi connectivity index (χ2n) is 8.82. The van der Waals surface area contributed by atoms with Crippen molar-refractivity contribution in [2.24, 2.45) is 5.92 Å². The molecule has 0 saturated heterocycles. The van der Waals surface area contributed by atoms with Crippen LogP contribution in [0.1, 0.15) is 44.7 Å². The van der Waals surface area contributed by atoms with E-state index >= 15 is 0 Å². The SMILES string of the molecule is CCOc1c(NCCCc2ccc(OS(=O)(=O)c3ccc(C)cc3)cc2)cccc1OC(=O)C(C)CC. The van der Waals surface area contributed by atoms with Gasteiger partial charge in [0.2, 0.25) is 0 Å². The lowest BCUT2D eigenvalue weighted by Crippen LogP contribution is -2.17. The molecule has 0 bridgehead atoms. The highest BCUT2D eigenvalue weighted by atomic mass is 32.2. The summed E-state index contributed by atoms with van der Waals surface area (Å²) in [6.45, 7) is 8.68. The predicted molar refractivity (Wildman–Crippen MR) is 145 cm³/mol. The van der Waals surface area contributed by atoms with Gasteiger partial charge in [0.25, 0.3) is 0 Å². The Morgan fingerprint density at radius 2 is 1.68 bits per heavy atom. The van der Waals surface area contributed by atoms with E-state index in [1.807, 2.05) is 52.0 Å². The molecule has 0 aliphatic heterocycles. The number of carbonyl (C=O) groups excluding carboxylic acids is 1. The number of aryl methyl sites for hydroxylation is 2. The third-order valence-corrected chi connectivity index (χ3v) is 7.15. The average Bonchev–Trinajstić information content (AvgIpc) is 2.88. The van der Waals surface area contributed by atoms with Crippen molar-refractivity contribution < 1.29 is 26.9 Å². The molecule has 0 heterocycles. The molecule has 0 aliphatic rings. The molecule has 7 nitrogen and oxygen atoms in total. The summed E-state index contributed by atoms with van der Waals surface area (Å²) in [5, 5.41) is 3.37. The van der Waals surface area contributed by atoms with Gasteiger partial charge < -0.3 is 19.0 Å². The maximum atomic E-state index is 12.5. The Morgan fingerprint density at radius 3 is 2.32 bits per heavy atom. The van der Waals surface area contributed by atoms with Gasteiger partial charge in [-0.15, -0.1) is 0 Å².